The van der Waals surface area contributed by atoms with E-state index in [0.29, 0.717) is 6.42 Å². The number of allylic oxidation sites excluding steroid dienone is 4. The molecule has 1 amide bonds. The predicted molar refractivity (Wildman–Crippen MR) is 109 cm³/mol. The molecule has 0 radical (unpaired) electrons. The third kappa shape index (κ3) is 7.70. The van der Waals surface area contributed by atoms with Crippen LogP contribution in [0.15, 0.2) is 54.6 Å². The summed E-state index contributed by atoms with van der Waals surface area (Å²) in [5, 5.41) is 0. The molecule has 1 aromatic rings. The third-order valence-corrected chi connectivity index (χ3v) is 9.89. The molecule has 138 valence electrons. The Balaban J connectivity index is 1.69. The zero-order chi connectivity index (χ0) is 18.1. The van der Waals surface area contributed by atoms with E-state index in [4.69, 9.17) is 4.18 Å². The summed E-state index contributed by atoms with van der Waals surface area (Å²) in [4.78, 5) is 12.1. The van der Waals surface area contributed by atoms with Crippen LogP contribution in [0.1, 0.15) is 25.3 Å². The van der Waals surface area contributed by atoms with Gasteiger partial charge in [0.05, 0.1) is 0 Å². The third-order valence-electron chi connectivity index (χ3n) is 3.53. The van der Waals surface area contributed by atoms with Crippen LogP contribution in [0.3, 0.4) is 0 Å². The van der Waals surface area contributed by atoms with Crippen LogP contribution in [-0.2, 0) is 20.9 Å². The molecule has 0 aliphatic carbocycles. The molecular formula is C18H24INO4S. The van der Waals surface area contributed by atoms with Crippen molar-refractivity contribution in [2.45, 2.75) is 30.1 Å². The first-order valence-electron chi connectivity index (χ1n) is 8.19. The van der Waals surface area contributed by atoms with Crippen molar-refractivity contribution in [2.75, 3.05) is 11.0 Å². The maximum atomic E-state index is 12.1. The Bertz CT molecular complexity index is 716. The second kappa shape index (κ2) is 10.1. The molecule has 1 saturated heterocycles. The number of rotatable bonds is 10. The first-order chi connectivity index (χ1) is 12.0. The van der Waals surface area contributed by atoms with Crippen molar-refractivity contribution >= 4 is 34.0 Å². The number of carbonyl (C=O) groups excluding carboxylic acids is 1. The number of hydrogen-bond donors (Lipinski definition) is 1. The zero-order valence-electron chi connectivity index (χ0n) is 14.2. The van der Waals surface area contributed by atoms with Gasteiger partial charge in [0.25, 0.3) is 0 Å². The van der Waals surface area contributed by atoms with E-state index in [2.05, 4.69) is 23.0 Å². The van der Waals surface area contributed by atoms with Crippen molar-refractivity contribution in [3.8, 4) is 0 Å². The van der Waals surface area contributed by atoms with Gasteiger partial charge >= 0.3 is 157 Å². The summed E-state index contributed by atoms with van der Waals surface area (Å²) in [5.74, 6) is 0. The molecule has 1 N–H and O–H groups in total. The maximum absolute atomic E-state index is 12.1. The molecule has 25 heavy (non-hydrogen) atoms. The van der Waals surface area contributed by atoms with Gasteiger partial charge in [-0.25, -0.2) is 0 Å². The summed E-state index contributed by atoms with van der Waals surface area (Å²) < 4.78 is 31.5. The van der Waals surface area contributed by atoms with Gasteiger partial charge in [0.1, 0.15) is 0 Å². The van der Waals surface area contributed by atoms with Gasteiger partial charge < -0.3 is 0 Å². The van der Waals surface area contributed by atoms with Crippen LogP contribution in [0.5, 0.6) is 0 Å². The second-order valence-electron chi connectivity index (χ2n) is 5.53. The summed E-state index contributed by atoms with van der Waals surface area (Å²) >= 11 is -1.88. The van der Waals surface area contributed by atoms with Crippen molar-refractivity contribution < 1.29 is 17.4 Å². The van der Waals surface area contributed by atoms with Gasteiger partial charge in [0.15, 0.2) is 0 Å². The Hall–Kier alpha value is -1.19. The van der Waals surface area contributed by atoms with Gasteiger partial charge in [-0.05, 0) is 0 Å². The van der Waals surface area contributed by atoms with Crippen LogP contribution in [0, 0.1) is 0 Å². The van der Waals surface area contributed by atoms with E-state index in [1.54, 1.807) is 0 Å². The summed E-state index contributed by atoms with van der Waals surface area (Å²) in [7, 11) is -4.01. The summed E-state index contributed by atoms with van der Waals surface area (Å²) in [5.41, 5.74) is 0.991. The Kier molecular flexibility index (Phi) is 8.11. The van der Waals surface area contributed by atoms with E-state index >= 15 is 0 Å². The normalized spacial score (nSPS) is 18.8. The fourth-order valence-corrected chi connectivity index (χ4v) is 8.52. The number of alkyl halides is 2. The van der Waals surface area contributed by atoms with Crippen LogP contribution in [-0.4, -0.2) is 27.3 Å². The molecule has 0 bridgehead atoms. The second-order valence-corrected chi connectivity index (χ2v) is 12.6. The van der Waals surface area contributed by atoms with E-state index in [1.807, 2.05) is 43.3 Å². The van der Waals surface area contributed by atoms with Crippen LogP contribution in [0.25, 0.3) is 0 Å². The number of nitrogens with one attached hydrogen (secondary N) is 1. The number of carbonyl (C=O) groups is 1. The Labute approximate surface area is 157 Å². The molecule has 1 fully saturated rings. The summed E-state index contributed by atoms with van der Waals surface area (Å²) in [6, 6.07) is 9.47. The standard InChI is InChI=1S/C18H24INO4S/c1-2-3-4-5-9-12-17-15-19(17)18(21)20-25(22,23)24-14-13-16-10-7-6-8-11-16/h2-3,6-12,17H,4-5,13-15H2,1H3,(H,20,21)/b3-2-,12-9-. The molecule has 0 saturated carbocycles. The van der Waals surface area contributed by atoms with E-state index < -0.39 is 30.1 Å². The number of hydrogen-bond acceptors (Lipinski definition) is 4. The van der Waals surface area contributed by atoms with Crippen molar-refractivity contribution in [1.29, 1.82) is 0 Å². The molecule has 2 rings (SSSR count). The minimum atomic E-state index is -4.01. The average Bonchev–Trinajstić information content (AvgIpc) is 3.35. The van der Waals surface area contributed by atoms with E-state index in [9.17, 15) is 13.2 Å². The van der Waals surface area contributed by atoms with Gasteiger partial charge in [0, 0.05) is 0 Å². The SMILES string of the molecule is C/C=C\CC/C=C\C1CI1C(=O)NS(=O)(=O)OCCc1ccccc1. The van der Waals surface area contributed by atoms with Gasteiger partial charge in [-0.15, -0.1) is 0 Å². The molecule has 0 aromatic heterocycles. The molecule has 1 aromatic carbocycles. The van der Waals surface area contributed by atoms with Gasteiger partial charge in [-0.1, -0.05) is 0 Å². The fraction of sp³-hybridized carbons (Fsp3) is 0.389. The van der Waals surface area contributed by atoms with Crippen LogP contribution in [0.4, 0.5) is 4.79 Å². The molecular weight excluding hydrogens is 453 g/mol. The van der Waals surface area contributed by atoms with Crippen LogP contribution >= 0.6 is 19.8 Å². The molecule has 1 atom stereocenters. The zero-order valence-corrected chi connectivity index (χ0v) is 17.2. The van der Waals surface area contributed by atoms with Crippen molar-refractivity contribution in [3.63, 3.8) is 0 Å². The number of amides is 1. The average molecular weight is 477 g/mol. The van der Waals surface area contributed by atoms with E-state index in [1.165, 1.54) is 0 Å². The fourth-order valence-electron chi connectivity index (χ4n) is 2.16. The Morgan fingerprint density at radius 2 is 2.00 bits per heavy atom. The Morgan fingerprint density at radius 1 is 1.28 bits per heavy atom. The first-order valence-corrected chi connectivity index (χ1v) is 13.4. The monoisotopic (exact) mass is 477 g/mol. The quantitative estimate of drug-likeness (QED) is 0.138. The molecule has 1 aliphatic heterocycles. The van der Waals surface area contributed by atoms with Gasteiger partial charge in [0.2, 0.25) is 0 Å². The molecule has 1 unspecified atom stereocenters. The van der Waals surface area contributed by atoms with Crippen LogP contribution < -0.4 is 4.72 Å². The summed E-state index contributed by atoms with van der Waals surface area (Å²) in [6.07, 6.45) is 10.7. The number of unbranched alkanes of at least 4 members (excludes halogenated alkanes) is 1. The van der Waals surface area contributed by atoms with Crippen molar-refractivity contribution in [3.05, 3.63) is 60.2 Å². The molecule has 7 heteroatoms. The van der Waals surface area contributed by atoms with Gasteiger partial charge in [-0.3, -0.25) is 0 Å². The molecule has 1 heterocycles. The number of halogens is 1. The molecule has 5 nitrogen and oxygen atoms in total. The predicted octanol–water partition coefficient (Wildman–Crippen LogP) is 4.00. The number of benzene rings is 1. The minimum absolute atomic E-state index is 0.0229. The van der Waals surface area contributed by atoms with Gasteiger partial charge in [-0.2, -0.15) is 0 Å². The van der Waals surface area contributed by atoms with Crippen molar-refractivity contribution in [1.82, 2.24) is 4.72 Å². The topological polar surface area (TPSA) is 72.5 Å². The van der Waals surface area contributed by atoms with E-state index in [-0.39, 0.29) is 14.4 Å². The Morgan fingerprint density at radius 3 is 2.72 bits per heavy atom. The summed E-state index contributed by atoms with van der Waals surface area (Å²) in [6.45, 7) is 2.01. The van der Waals surface area contributed by atoms with Crippen molar-refractivity contribution in [2.24, 2.45) is 0 Å². The van der Waals surface area contributed by atoms with Crippen LogP contribution in [0.2, 0.25) is 0 Å². The molecule has 1 aliphatic rings. The molecule has 0 spiro atoms. The first kappa shape index (κ1) is 20.1. The van der Waals surface area contributed by atoms with E-state index in [0.717, 1.165) is 22.8 Å².